The van der Waals surface area contributed by atoms with Crippen LogP contribution in [0.1, 0.15) is 26.5 Å². The molecule has 2 rings (SSSR count). The number of halogens is 1. The third kappa shape index (κ3) is 2.82. The molecule has 0 bridgehead atoms. The Morgan fingerprint density at radius 3 is 2.62 bits per heavy atom. The van der Waals surface area contributed by atoms with E-state index in [0.29, 0.717) is 10.9 Å². The van der Waals surface area contributed by atoms with Crippen LogP contribution in [0.25, 0.3) is 10.9 Å². The van der Waals surface area contributed by atoms with Crippen LogP contribution in [-0.4, -0.2) is 28.6 Å². The van der Waals surface area contributed by atoms with Gasteiger partial charge in [-0.2, -0.15) is 9.78 Å². The molecule has 6 heteroatoms. The zero-order chi connectivity index (χ0) is 15.8. The number of hydrogen-bond acceptors (Lipinski definition) is 4. The first-order chi connectivity index (χ1) is 9.76. The maximum absolute atomic E-state index is 13.8. The number of ether oxygens (including phenoxy) is 2. The van der Waals surface area contributed by atoms with Crippen molar-refractivity contribution < 1.29 is 18.7 Å². The Kier molecular flexibility index (Phi) is 3.60. The molecule has 0 aliphatic heterocycles. The summed E-state index contributed by atoms with van der Waals surface area (Å²) in [5.74, 6) is 1.74. The van der Waals surface area contributed by atoms with Gasteiger partial charge in [0.1, 0.15) is 11.3 Å². The van der Waals surface area contributed by atoms with E-state index in [9.17, 15) is 9.18 Å². The van der Waals surface area contributed by atoms with Crippen molar-refractivity contribution in [3.63, 3.8) is 0 Å². The van der Waals surface area contributed by atoms with E-state index in [0.717, 1.165) is 4.68 Å². The third-order valence-electron chi connectivity index (χ3n) is 2.66. The number of nitrogens with zero attached hydrogens (tertiary/aromatic N) is 2. The topological polar surface area (TPSA) is 53.4 Å². The Morgan fingerprint density at radius 2 is 2.10 bits per heavy atom. The van der Waals surface area contributed by atoms with Crippen LogP contribution in [0.5, 0.6) is 5.75 Å². The molecule has 110 valence electrons. The fourth-order valence-corrected chi connectivity index (χ4v) is 1.82. The van der Waals surface area contributed by atoms with E-state index < -0.39 is 17.5 Å². The Bertz CT molecular complexity index is 751. The summed E-state index contributed by atoms with van der Waals surface area (Å²) in [6.07, 6.45) is 4.65. The summed E-state index contributed by atoms with van der Waals surface area (Å²) in [6, 6.07) is 2.56. The van der Waals surface area contributed by atoms with Gasteiger partial charge in [0.2, 0.25) is 0 Å². The summed E-state index contributed by atoms with van der Waals surface area (Å²) in [5, 5.41) is 4.34. The standard InChI is InChI=1S/C15H15FN2O3/c1-6-11-9-7-10(16)13(20-5)8-12(9)18(17-11)14(19)21-15(2,3)4/h1,7-8H,2-5H3. The predicted molar refractivity (Wildman–Crippen MR) is 75.8 cm³/mol. The van der Waals surface area contributed by atoms with Gasteiger partial charge in [0.05, 0.1) is 12.6 Å². The molecule has 0 unspecified atom stereocenters. The van der Waals surface area contributed by atoms with Crippen molar-refractivity contribution in [1.29, 1.82) is 0 Å². The molecule has 5 nitrogen and oxygen atoms in total. The van der Waals surface area contributed by atoms with Gasteiger partial charge >= 0.3 is 6.09 Å². The second kappa shape index (κ2) is 5.09. The highest BCUT2D eigenvalue weighted by molar-refractivity contribution is 5.92. The van der Waals surface area contributed by atoms with E-state index in [2.05, 4.69) is 11.0 Å². The van der Waals surface area contributed by atoms with Crippen LogP contribution in [0.4, 0.5) is 9.18 Å². The summed E-state index contributed by atoms with van der Waals surface area (Å²) in [7, 11) is 1.33. The fourth-order valence-electron chi connectivity index (χ4n) is 1.82. The number of aromatic nitrogens is 2. The molecule has 0 spiro atoms. The summed E-state index contributed by atoms with van der Waals surface area (Å²) in [5.41, 5.74) is -0.191. The van der Waals surface area contributed by atoms with Gasteiger partial charge in [-0.15, -0.1) is 6.42 Å². The maximum Gasteiger partial charge on any atom is 0.435 e. The van der Waals surface area contributed by atoms with E-state index in [1.807, 2.05) is 0 Å². The molecule has 0 radical (unpaired) electrons. The molecule has 1 aromatic carbocycles. The molecule has 21 heavy (non-hydrogen) atoms. The van der Waals surface area contributed by atoms with Crippen molar-refractivity contribution in [3.8, 4) is 18.1 Å². The van der Waals surface area contributed by atoms with Gasteiger partial charge in [-0.25, -0.2) is 9.18 Å². The van der Waals surface area contributed by atoms with Gasteiger partial charge in [0, 0.05) is 11.5 Å². The third-order valence-corrected chi connectivity index (χ3v) is 2.66. The average molecular weight is 290 g/mol. The highest BCUT2D eigenvalue weighted by Gasteiger charge is 2.23. The highest BCUT2D eigenvalue weighted by Crippen LogP contribution is 2.27. The van der Waals surface area contributed by atoms with Crippen molar-refractivity contribution in [3.05, 3.63) is 23.6 Å². The van der Waals surface area contributed by atoms with Crippen LogP contribution in [0.3, 0.4) is 0 Å². The largest absolute Gasteiger partial charge is 0.494 e. The molecule has 1 heterocycles. The van der Waals surface area contributed by atoms with Crippen LogP contribution in [0.2, 0.25) is 0 Å². The molecule has 0 saturated carbocycles. The number of benzene rings is 1. The van der Waals surface area contributed by atoms with E-state index >= 15 is 0 Å². The van der Waals surface area contributed by atoms with Crippen molar-refractivity contribution in [2.45, 2.75) is 26.4 Å². The van der Waals surface area contributed by atoms with Crippen molar-refractivity contribution in [2.24, 2.45) is 0 Å². The highest BCUT2D eigenvalue weighted by atomic mass is 19.1. The summed E-state index contributed by atoms with van der Waals surface area (Å²) >= 11 is 0. The molecule has 0 amide bonds. The van der Waals surface area contributed by atoms with Crippen molar-refractivity contribution in [1.82, 2.24) is 9.78 Å². The van der Waals surface area contributed by atoms with E-state index in [1.54, 1.807) is 20.8 Å². The van der Waals surface area contributed by atoms with Gasteiger partial charge in [-0.05, 0) is 32.8 Å². The summed E-state index contributed by atoms with van der Waals surface area (Å²) < 4.78 is 24.9. The van der Waals surface area contributed by atoms with E-state index in [1.165, 1.54) is 19.2 Å². The van der Waals surface area contributed by atoms with Gasteiger partial charge < -0.3 is 9.47 Å². The fraction of sp³-hybridized carbons (Fsp3) is 0.333. The second-order valence-corrected chi connectivity index (χ2v) is 5.39. The minimum atomic E-state index is -0.692. The number of methoxy groups -OCH3 is 1. The number of terminal acetylenes is 1. The lowest BCUT2D eigenvalue weighted by molar-refractivity contribution is 0.0522. The lowest BCUT2D eigenvalue weighted by Crippen LogP contribution is -2.27. The SMILES string of the molecule is C#Cc1nn(C(=O)OC(C)(C)C)c2cc(OC)c(F)cc12. The molecule has 0 fully saturated rings. The van der Waals surface area contributed by atoms with Gasteiger partial charge in [0.15, 0.2) is 11.6 Å². The number of rotatable bonds is 1. The molecule has 2 aromatic rings. The molecular weight excluding hydrogens is 275 g/mol. The molecular formula is C15H15FN2O3. The number of fused-ring (bicyclic) bond motifs is 1. The lowest BCUT2D eigenvalue weighted by atomic mass is 10.2. The summed E-state index contributed by atoms with van der Waals surface area (Å²) in [6.45, 7) is 5.21. The monoisotopic (exact) mass is 290 g/mol. The zero-order valence-corrected chi connectivity index (χ0v) is 12.2. The Balaban J connectivity index is 2.64. The summed E-state index contributed by atoms with van der Waals surface area (Å²) in [4.78, 5) is 12.2. The van der Waals surface area contributed by atoms with E-state index in [4.69, 9.17) is 15.9 Å². The van der Waals surface area contributed by atoms with Crippen LogP contribution in [0, 0.1) is 18.2 Å². The second-order valence-electron chi connectivity index (χ2n) is 5.39. The molecule has 0 atom stereocenters. The van der Waals surface area contributed by atoms with Crippen LogP contribution < -0.4 is 4.74 Å². The van der Waals surface area contributed by atoms with Crippen LogP contribution >= 0.6 is 0 Å². The van der Waals surface area contributed by atoms with Gasteiger partial charge in [-0.3, -0.25) is 0 Å². The molecule has 0 aliphatic rings. The quantitative estimate of drug-likeness (QED) is 0.758. The van der Waals surface area contributed by atoms with Crippen molar-refractivity contribution in [2.75, 3.05) is 7.11 Å². The minimum absolute atomic E-state index is 0.00391. The Hall–Kier alpha value is -2.55. The van der Waals surface area contributed by atoms with Crippen molar-refractivity contribution >= 4 is 17.0 Å². The first kappa shape index (κ1) is 14.9. The molecule has 0 saturated heterocycles. The average Bonchev–Trinajstić information content (AvgIpc) is 2.73. The Labute approximate surface area is 121 Å². The molecule has 0 aliphatic carbocycles. The van der Waals surface area contributed by atoms with Gasteiger partial charge in [-0.1, -0.05) is 0 Å². The van der Waals surface area contributed by atoms with E-state index in [-0.39, 0.29) is 11.4 Å². The number of carbonyl (C=O) groups excluding carboxylic acids is 1. The lowest BCUT2D eigenvalue weighted by Gasteiger charge is -2.19. The predicted octanol–water partition coefficient (Wildman–Crippen LogP) is 2.95. The zero-order valence-electron chi connectivity index (χ0n) is 12.2. The van der Waals surface area contributed by atoms with Crippen LogP contribution in [0.15, 0.2) is 12.1 Å². The Morgan fingerprint density at radius 1 is 1.43 bits per heavy atom. The van der Waals surface area contributed by atoms with Gasteiger partial charge in [0.25, 0.3) is 0 Å². The molecule has 1 aromatic heterocycles. The normalized spacial score (nSPS) is 11.2. The minimum Gasteiger partial charge on any atom is -0.494 e. The number of carbonyl (C=O) groups is 1. The first-order valence-electron chi connectivity index (χ1n) is 6.23. The van der Waals surface area contributed by atoms with Crippen LogP contribution in [-0.2, 0) is 4.74 Å². The number of hydrogen-bond donors (Lipinski definition) is 0. The smallest absolute Gasteiger partial charge is 0.435 e. The molecule has 0 N–H and O–H groups in total. The first-order valence-corrected chi connectivity index (χ1v) is 6.23. The maximum atomic E-state index is 13.8.